The van der Waals surface area contributed by atoms with E-state index in [1.807, 2.05) is 35.4 Å². The number of halogens is 1. The number of sulfonamides is 1. The van der Waals surface area contributed by atoms with Crippen molar-refractivity contribution in [2.45, 2.75) is 30.6 Å². The van der Waals surface area contributed by atoms with Crippen molar-refractivity contribution < 1.29 is 13.2 Å². The highest BCUT2D eigenvalue weighted by Gasteiger charge is 2.32. The first kappa shape index (κ1) is 25.1. The highest BCUT2D eigenvalue weighted by Crippen LogP contribution is 2.33. The molecule has 0 N–H and O–H groups in total. The van der Waals surface area contributed by atoms with E-state index in [0.717, 1.165) is 29.5 Å². The van der Waals surface area contributed by atoms with Crippen LogP contribution >= 0.6 is 22.9 Å². The third-order valence-corrected chi connectivity index (χ3v) is 10.2. The Labute approximate surface area is 220 Å². The van der Waals surface area contributed by atoms with Crippen molar-refractivity contribution >= 4 is 44.7 Å². The molecule has 2 aliphatic heterocycles. The van der Waals surface area contributed by atoms with Crippen LogP contribution in [0.5, 0.6) is 0 Å². The molecule has 11 heteroatoms. The van der Waals surface area contributed by atoms with Gasteiger partial charge >= 0.3 is 0 Å². The van der Waals surface area contributed by atoms with Crippen molar-refractivity contribution in [2.75, 3.05) is 44.2 Å². The van der Waals surface area contributed by atoms with Crippen molar-refractivity contribution in [1.82, 2.24) is 19.2 Å². The van der Waals surface area contributed by atoms with Gasteiger partial charge in [-0.05, 0) is 49.6 Å². The van der Waals surface area contributed by atoms with Gasteiger partial charge in [-0.1, -0.05) is 23.7 Å². The fourth-order valence-corrected chi connectivity index (χ4v) is 7.35. The molecule has 0 unspecified atom stereocenters. The number of hydrogen-bond acceptors (Lipinski definition) is 7. The maximum atomic E-state index is 13.1. The number of benzene rings is 1. The van der Waals surface area contributed by atoms with Gasteiger partial charge in [-0.25, -0.2) is 18.4 Å². The number of anilines is 1. The average Bonchev–Trinajstić information content (AvgIpc) is 3.41. The van der Waals surface area contributed by atoms with Gasteiger partial charge in [0.15, 0.2) is 0 Å². The lowest BCUT2D eigenvalue weighted by molar-refractivity contribution is 0.0741. The number of aromatic nitrogens is 2. The number of nitrogens with zero attached hydrogens (tertiary/aromatic N) is 5. The number of carbonyl (C=O) groups is 1. The summed E-state index contributed by atoms with van der Waals surface area (Å²) < 4.78 is 27.7. The second-order valence-electron chi connectivity index (χ2n) is 9.13. The normalized spacial score (nSPS) is 17.9. The molecule has 2 aromatic heterocycles. The third kappa shape index (κ3) is 5.13. The second-order valence-corrected chi connectivity index (χ2v) is 12.4. The SMILES string of the molecule is Cc1ccc(S(=O)(=O)N2CCC(c3nc(C(=O)N4CCN(c5ccccn5)CC4)cs3)CC2)cc1Cl. The van der Waals surface area contributed by atoms with E-state index in [1.54, 1.807) is 18.3 Å². The summed E-state index contributed by atoms with van der Waals surface area (Å²) in [7, 11) is -3.59. The molecule has 8 nitrogen and oxygen atoms in total. The molecule has 5 rings (SSSR count). The van der Waals surface area contributed by atoms with Gasteiger partial charge in [-0.15, -0.1) is 11.3 Å². The summed E-state index contributed by atoms with van der Waals surface area (Å²) >= 11 is 7.65. The molecule has 190 valence electrons. The summed E-state index contributed by atoms with van der Waals surface area (Å²) in [5, 5.41) is 3.19. The van der Waals surface area contributed by atoms with Crippen LogP contribution in [0.3, 0.4) is 0 Å². The molecule has 2 fully saturated rings. The third-order valence-electron chi connectivity index (χ3n) is 6.87. The van der Waals surface area contributed by atoms with Crippen molar-refractivity contribution in [3.8, 4) is 0 Å². The Kier molecular flexibility index (Phi) is 7.30. The van der Waals surface area contributed by atoms with Crippen LogP contribution in [0.1, 0.15) is 39.8 Å². The molecule has 0 atom stereocenters. The standard InChI is InChI=1S/C25H28ClN5O3S2/c1-18-5-6-20(16-21(18)26)36(33,34)31-10-7-19(8-11-31)24-28-22(17-35-24)25(32)30-14-12-29(13-15-30)23-4-2-3-9-27-23/h2-6,9,16-17,19H,7-8,10-15H2,1H3. The number of amides is 1. The van der Waals surface area contributed by atoms with Crippen LogP contribution in [0.25, 0.3) is 0 Å². The number of rotatable bonds is 5. The van der Waals surface area contributed by atoms with E-state index >= 15 is 0 Å². The molecule has 0 bridgehead atoms. The maximum Gasteiger partial charge on any atom is 0.273 e. The van der Waals surface area contributed by atoms with Crippen molar-refractivity contribution in [2.24, 2.45) is 0 Å². The molecule has 1 aromatic carbocycles. The molecule has 3 aromatic rings. The number of pyridine rings is 1. The molecule has 0 aliphatic carbocycles. The summed E-state index contributed by atoms with van der Waals surface area (Å²) in [5.74, 6) is 1.03. The lowest BCUT2D eigenvalue weighted by atomic mass is 9.99. The first-order valence-electron chi connectivity index (χ1n) is 12.0. The predicted molar refractivity (Wildman–Crippen MR) is 141 cm³/mol. The van der Waals surface area contributed by atoms with Crippen LogP contribution in [0.2, 0.25) is 5.02 Å². The first-order chi connectivity index (χ1) is 17.3. The number of thiazole rings is 1. The van der Waals surface area contributed by atoms with Gasteiger partial charge in [0.05, 0.1) is 9.90 Å². The molecule has 36 heavy (non-hydrogen) atoms. The largest absolute Gasteiger partial charge is 0.353 e. The summed E-state index contributed by atoms with van der Waals surface area (Å²) in [6.07, 6.45) is 3.12. The average molecular weight is 546 g/mol. The van der Waals surface area contributed by atoms with Gasteiger partial charge in [0, 0.05) is 61.8 Å². The Morgan fingerprint density at radius 3 is 2.47 bits per heavy atom. The van der Waals surface area contributed by atoms with Crippen LogP contribution < -0.4 is 4.90 Å². The number of piperazine rings is 1. The van der Waals surface area contributed by atoms with E-state index < -0.39 is 10.0 Å². The van der Waals surface area contributed by atoms with Crippen molar-refractivity contribution in [3.63, 3.8) is 0 Å². The van der Waals surface area contributed by atoms with Gasteiger partial charge in [-0.2, -0.15) is 4.31 Å². The summed E-state index contributed by atoms with van der Waals surface area (Å²) in [6.45, 7) is 5.40. The van der Waals surface area contributed by atoms with E-state index in [1.165, 1.54) is 21.7 Å². The Bertz CT molecular complexity index is 1330. The maximum absolute atomic E-state index is 13.1. The van der Waals surface area contributed by atoms with E-state index in [4.69, 9.17) is 11.6 Å². The first-order valence-corrected chi connectivity index (χ1v) is 14.7. The lowest BCUT2D eigenvalue weighted by Gasteiger charge is -2.35. The molecule has 1 amide bonds. The van der Waals surface area contributed by atoms with E-state index in [-0.39, 0.29) is 16.7 Å². The van der Waals surface area contributed by atoms with Crippen LogP contribution in [-0.4, -0.2) is 72.8 Å². The highest BCUT2D eigenvalue weighted by molar-refractivity contribution is 7.89. The smallest absolute Gasteiger partial charge is 0.273 e. The quantitative estimate of drug-likeness (QED) is 0.481. The Balaban J connectivity index is 1.17. The molecule has 4 heterocycles. The Morgan fingerprint density at radius 2 is 1.81 bits per heavy atom. The zero-order chi connectivity index (χ0) is 25.3. The molecular weight excluding hydrogens is 518 g/mol. The minimum Gasteiger partial charge on any atom is -0.353 e. The number of hydrogen-bond donors (Lipinski definition) is 0. The van der Waals surface area contributed by atoms with Crippen LogP contribution in [0.15, 0.2) is 52.9 Å². The second kappa shape index (κ2) is 10.5. The van der Waals surface area contributed by atoms with Crippen LogP contribution in [0.4, 0.5) is 5.82 Å². The van der Waals surface area contributed by atoms with Crippen LogP contribution in [-0.2, 0) is 10.0 Å². The molecule has 2 aliphatic rings. The van der Waals surface area contributed by atoms with E-state index in [0.29, 0.717) is 49.7 Å². The zero-order valence-electron chi connectivity index (χ0n) is 20.0. The number of carbonyl (C=O) groups excluding carboxylic acids is 1. The predicted octanol–water partition coefficient (Wildman–Crippen LogP) is 4.03. The molecular formula is C25H28ClN5O3S2. The fraction of sp³-hybridized carbons (Fsp3) is 0.400. The Morgan fingerprint density at radius 1 is 1.06 bits per heavy atom. The minimum absolute atomic E-state index is 0.0468. The Hall–Kier alpha value is -2.53. The van der Waals surface area contributed by atoms with Crippen molar-refractivity contribution in [1.29, 1.82) is 0 Å². The lowest BCUT2D eigenvalue weighted by Crippen LogP contribution is -2.49. The van der Waals surface area contributed by atoms with Gasteiger partial charge < -0.3 is 9.80 Å². The van der Waals surface area contributed by atoms with Gasteiger partial charge in [0.2, 0.25) is 10.0 Å². The molecule has 0 saturated carbocycles. The van der Waals surface area contributed by atoms with Gasteiger partial charge in [-0.3, -0.25) is 4.79 Å². The zero-order valence-corrected chi connectivity index (χ0v) is 22.4. The topological polar surface area (TPSA) is 86.7 Å². The minimum atomic E-state index is -3.59. The number of aryl methyl sites for hydroxylation is 1. The molecule has 2 saturated heterocycles. The van der Waals surface area contributed by atoms with Crippen LogP contribution in [0, 0.1) is 6.92 Å². The van der Waals surface area contributed by atoms with Crippen molar-refractivity contribution in [3.05, 3.63) is 69.3 Å². The van der Waals surface area contributed by atoms with E-state index in [9.17, 15) is 13.2 Å². The molecule has 0 radical (unpaired) electrons. The summed E-state index contributed by atoms with van der Waals surface area (Å²) in [6, 6.07) is 10.7. The number of piperidine rings is 1. The van der Waals surface area contributed by atoms with Gasteiger partial charge in [0.1, 0.15) is 11.5 Å². The summed E-state index contributed by atoms with van der Waals surface area (Å²) in [5.41, 5.74) is 1.32. The molecule has 0 spiro atoms. The monoisotopic (exact) mass is 545 g/mol. The fourth-order valence-electron chi connectivity index (χ4n) is 4.64. The van der Waals surface area contributed by atoms with Gasteiger partial charge in [0.25, 0.3) is 5.91 Å². The summed E-state index contributed by atoms with van der Waals surface area (Å²) in [4.78, 5) is 26.4. The highest BCUT2D eigenvalue weighted by atomic mass is 35.5. The van der Waals surface area contributed by atoms with E-state index in [2.05, 4.69) is 14.9 Å².